The number of carbonyl (C=O) groups excluding carboxylic acids is 1. The normalized spacial score (nSPS) is 10.5. The topological polar surface area (TPSA) is 83.8 Å². The molecule has 5 nitrogen and oxygen atoms in total. The van der Waals surface area contributed by atoms with E-state index < -0.39 is 0 Å². The highest BCUT2D eigenvalue weighted by molar-refractivity contribution is 6.08. The first-order valence-corrected chi connectivity index (χ1v) is 5.83. The fourth-order valence-electron chi connectivity index (χ4n) is 1.90. The molecule has 0 aliphatic carbocycles. The molecule has 0 spiro atoms. The van der Waals surface area contributed by atoms with Gasteiger partial charge in [0.1, 0.15) is 0 Å². The second-order valence-corrected chi connectivity index (χ2v) is 4.22. The lowest BCUT2D eigenvalue weighted by atomic mass is 10.2. The number of nitrogens with two attached hydrogens (primary N) is 1. The second kappa shape index (κ2) is 4.45. The third kappa shape index (κ3) is 2.13. The van der Waals surface area contributed by atoms with Crippen LogP contribution in [0.25, 0.3) is 10.9 Å². The Morgan fingerprint density at radius 2 is 1.95 bits per heavy atom. The monoisotopic (exact) mass is 252 g/mol. The standard InChI is InChI=1S/C14H12N4O/c15-11-6-4-9(5-7-11)14(19)17-12-3-1-2-10-8-16-18-13(10)12/h1-8H,15H2,(H,16,18)(H,17,19). The van der Waals surface area contributed by atoms with Gasteiger partial charge in [0.25, 0.3) is 5.91 Å². The number of fused-ring (bicyclic) bond motifs is 1. The van der Waals surface area contributed by atoms with E-state index in [2.05, 4.69) is 15.5 Å². The summed E-state index contributed by atoms with van der Waals surface area (Å²) in [4.78, 5) is 12.1. The van der Waals surface area contributed by atoms with Gasteiger partial charge in [-0.3, -0.25) is 9.89 Å². The number of nitrogens with zero attached hydrogens (tertiary/aromatic N) is 1. The maximum absolute atomic E-state index is 12.1. The van der Waals surface area contributed by atoms with E-state index >= 15 is 0 Å². The predicted molar refractivity (Wildman–Crippen MR) is 74.9 cm³/mol. The summed E-state index contributed by atoms with van der Waals surface area (Å²) < 4.78 is 0. The molecular weight excluding hydrogens is 240 g/mol. The minimum atomic E-state index is -0.179. The van der Waals surface area contributed by atoms with Gasteiger partial charge in [0.2, 0.25) is 0 Å². The summed E-state index contributed by atoms with van der Waals surface area (Å²) in [5, 5.41) is 10.6. The molecule has 0 bridgehead atoms. The largest absolute Gasteiger partial charge is 0.399 e. The number of anilines is 2. The minimum absolute atomic E-state index is 0.179. The second-order valence-electron chi connectivity index (χ2n) is 4.22. The van der Waals surface area contributed by atoms with Crippen molar-refractivity contribution >= 4 is 28.2 Å². The quantitative estimate of drug-likeness (QED) is 0.612. The molecule has 4 N–H and O–H groups in total. The summed E-state index contributed by atoms with van der Waals surface area (Å²) in [5.74, 6) is -0.179. The van der Waals surface area contributed by atoms with Gasteiger partial charge in [-0.15, -0.1) is 0 Å². The van der Waals surface area contributed by atoms with Crippen molar-refractivity contribution in [3.8, 4) is 0 Å². The van der Waals surface area contributed by atoms with E-state index in [0.717, 1.165) is 10.9 Å². The number of nitrogens with one attached hydrogen (secondary N) is 2. The van der Waals surface area contributed by atoms with E-state index in [-0.39, 0.29) is 5.91 Å². The van der Waals surface area contributed by atoms with Gasteiger partial charge in [-0.05, 0) is 30.3 Å². The van der Waals surface area contributed by atoms with Crippen LogP contribution in [0.2, 0.25) is 0 Å². The molecule has 1 amide bonds. The van der Waals surface area contributed by atoms with Crippen LogP contribution < -0.4 is 11.1 Å². The number of H-pyrrole nitrogens is 1. The zero-order valence-corrected chi connectivity index (χ0v) is 10.1. The van der Waals surface area contributed by atoms with Gasteiger partial charge >= 0.3 is 0 Å². The Labute approximate surface area is 109 Å². The van der Waals surface area contributed by atoms with Crippen LogP contribution in [0.5, 0.6) is 0 Å². The Bertz CT molecular complexity index is 731. The molecule has 0 saturated carbocycles. The first-order valence-electron chi connectivity index (χ1n) is 5.83. The van der Waals surface area contributed by atoms with Gasteiger partial charge in [0.15, 0.2) is 0 Å². The molecular formula is C14H12N4O. The third-order valence-corrected chi connectivity index (χ3v) is 2.90. The van der Waals surface area contributed by atoms with Gasteiger partial charge in [-0.2, -0.15) is 5.10 Å². The highest BCUT2D eigenvalue weighted by atomic mass is 16.1. The Morgan fingerprint density at radius 3 is 2.74 bits per heavy atom. The number of hydrogen-bond donors (Lipinski definition) is 3. The number of rotatable bonds is 2. The fourth-order valence-corrected chi connectivity index (χ4v) is 1.90. The molecule has 0 fully saturated rings. The molecule has 0 atom stereocenters. The van der Waals surface area contributed by atoms with E-state index in [4.69, 9.17) is 5.73 Å². The number of amides is 1. The van der Waals surface area contributed by atoms with Crippen LogP contribution in [0.4, 0.5) is 11.4 Å². The van der Waals surface area contributed by atoms with E-state index in [9.17, 15) is 4.79 Å². The average molecular weight is 252 g/mol. The molecule has 19 heavy (non-hydrogen) atoms. The van der Waals surface area contributed by atoms with E-state index in [0.29, 0.717) is 16.9 Å². The van der Waals surface area contributed by atoms with Crippen molar-refractivity contribution in [3.05, 3.63) is 54.2 Å². The highest BCUT2D eigenvalue weighted by Crippen LogP contribution is 2.21. The predicted octanol–water partition coefficient (Wildman–Crippen LogP) is 2.40. The summed E-state index contributed by atoms with van der Waals surface area (Å²) in [6, 6.07) is 12.4. The van der Waals surface area contributed by atoms with Gasteiger partial charge in [0, 0.05) is 16.6 Å². The van der Waals surface area contributed by atoms with Crippen LogP contribution in [0, 0.1) is 0 Å². The lowest BCUT2D eigenvalue weighted by Crippen LogP contribution is -2.12. The van der Waals surface area contributed by atoms with E-state index in [1.54, 1.807) is 30.5 Å². The van der Waals surface area contributed by atoms with Gasteiger partial charge < -0.3 is 11.1 Å². The number of aromatic amines is 1. The molecule has 1 heterocycles. The number of benzene rings is 2. The Kier molecular flexibility index (Phi) is 2.64. The molecule has 3 rings (SSSR count). The zero-order chi connectivity index (χ0) is 13.2. The average Bonchev–Trinajstić information content (AvgIpc) is 2.89. The van der Waals surface area contributed by atoms with Gasteiger partial charge in [0.05, 0.1) is 17.4 Å². The lowest BCUT2D eigenvalue weighted by Gasteiger charge is -2.06. The van der Waals surface area contributed by atoms with Crippen molar-refractivity contribution in [2.45, 2.75) is 0 Å². The van der Waals surface area contributed by atoms with Crippen molar-refractivity contribution in [2.24, 2.45) is 0 Å². The molecule has 0 radical (unpaired) electrons. The Balaban J connectivity index is 1.90. The van der Waals surface area contributed by atoms with Crippen molar-refractivity contribution < 1.29 is 4.79 Å². The molecule has 2 aromatic carbocycles. The molecule has 3 aromatic rings. The summed E-state index contributed by atoms with van der Waals surface area (Å²) in [5.41, 5.74) is 8.30. The van der Waals surface area contributed by atoms with Crippen molar-refractivity contribution in [2.75, 3.05) is 11.1 Å². The molecule has 0 unspecified atom stereocenters. The SMILES string of the molecule is Nc1ccc(C(=O)Nc2cccc3cn[nH]c23)cc1. The lowest BCUT2D eigenvalue weighted by molar-refractivity contribution is 0.102. The van der Waals surface area contributed by atoms with Gasteiger partial charge in [-0.25, -0.2) is 0 Å². The van der Waals surface area contributed by atoms with Crippen LogP contribution in [0.3, 0.4) is 0 Å². The number of aromatic nitrogens is 2. The van der Waals surface area contributed by atoms with Crippen LogP contribution in [-0.2, 0) is 0 Å². The Morgan fingerprint density at radius 1 is 1.16 bits per heavy atom. The van der Waals surface area contributed by atoms with E-state index in [1.165, 1.54) is 0 Å². The van der Waals surface area contributed by atoms with Crippen LogP contribution in [-0.4, -0.2) is 16.1 Å². The molecule has 94 valence electrons. The zero-order valence-electron chi connectivity index (χ0n) is 10.1. The minimum Gasteiger partial charge on any atom is -0.399 e. The first kappa shape index (κ1) is 11.3. The molecule has 0 aliphatic heterocycles. The number of hydrogen-bond acceptors (Lipinski definition) is 3. The van der Waals surface area contributed by atoms with Crippen LogP contribution in [0.1, 0.15) is 10.4 Å². The van der Waals surface area contributed by atoms with Gasteiger partial charge in [-0.1, -0.05) is 12.1 Å². The molecule has 0 aliphatic rings. The van der Waals surface area contributed by atoms with Crippen molar-refractivity contribution in [1.29, 1.82) is 0 Å². The first-order chi connectivity index (χ1) is 9.24. The summed E-state index contributed by atoms with van der Waals surface area (Å²) in [6.45, 7) is 0. The number of carbonyl (C=O) groups is 1. The smallest absolute Gasteiger partial charge is 0.255 e. The van der Waals surface area contributed by atoms with Crippen molar-refractivity contribution in [3.63, 3.8) is 0 Å². The molecule has 5 heteroatoms. The number of nitrogen functional groups attached to an aromatic ring is 1. The molecule has 0 saturated heterocycles. The number of para-hydroxylation sites is 1. The maximum atomic E-state index is 12.1. The third-order valence-electron chi connectivity index (χ3n) is 2.90. The maximum Gasteiger partial charge on any atom is 0.255 e. The summed E-state index contributed by atoms with van der Waals surface area (Å²) >= 11 is 0. The fraction of sp³-hybridized carbons (Fsp3) is 0. The summed E-state index contributed by atoms with van der Waals surface area (Å²) in [7, 11) is 0. The van der Waals surface area contributed by atoms with E-state index in [1.807, 2.05) is 18.2 Å². The highest BCUT2D eigenvalue weighted by Gasteiger charge is 2.08. The summed E-state index contributed by atoms with van der Waals surface area (Å²) in [6.07, 6.45) is 1.72. The molecule has 1 aromatic heterocycles. The van der Waals surface area contributed by atoms with Crippen molar-refractivity contribution in [1.82, 2.24) is 10.2 Å². The Hall–Kier alpha value is -2.82. The van der Waals surface area contributed by atoms with Crippen LogP contribution in [0.15, 0.2) is 48.7 Å². The van der Waals surface area contributed by atoms with Crippen LogP contribution >= 0.6 is 0 Å².